The minimum Gasteiger partial charge on any atom is -0.493 e. The predicted molar refractivity (Wildman–Crippen MR) is 101 cm³/mol. The molecule has 0 fully saturated rings. The fourth-order valence-corrected chi connectivity index (χ4v) is 3.75. The van der Waals surface area contributed by atoms with Crippen molar-refractivity contribution in [2.45, 2.75) is 20.0 Å². The van der Waals surface area contributed by atoms with Gasteiger partial charge >= 0.3 is 0 Å². The van der Waals surface area contributed by atoms with Crippen LogP contribution in [-0.2, 0) is 13.1 Å². The Morgan fingerprint density at radius 1 is 1.35 bits per heavy atom. The van der Waals surface area contributed by atoms with E-state index in [9.17, 15) is 4.79 Å². The molecule has 2 aromatic heterocycles. The zero-order valence-corrected chi connectivity index (χ0v) is 15.7. The van der Waals surface area contributed by atoms with E-state index in [0.29, 0.717) is 35.1 Å². The first-order chi connectivity index (χ1) is 12.6. The number of aryl methyl sites for hydroxylation is 1. The second-order valence-electron chi connectivity index (χ2n) is 5.41. The van der Waals surface area contributed by atoms with Crippen LogP contribution in [-0.4, -0.2) is 34.5 Å². The number of methoxy groups -OCH3 is 2. The Labute approximate surface area is 154 Å². The zero-order chi connectivity index (χ0) is 18.7. The summed E-state index contributed by atoms with van der Waals surface area (Å²) in [6, 6.07) is 5.44. The first-order valence-corrected chi connectivity index (χ1v) is 8.91. The summed E-state index contributed by atoms with van der Waals surface area (Å²) in [7, 11) is 3.18. The number of nitrogens with zero attached hydrogens (tertiary/aromatic N) is 4. The molecular weight excluding hydrogens is 352 g/mol. The lowest BCUT2D eigenvalue weighted by Crippen LogP contribution is -2.17. The van der Waals surface area contributed by atoms with Crippen LogP contribution >= 0.6 is 11.3 Å². The molecule has 0 radical (unpaired) electrons. The highest BCUT2D eigenvalue weighted by molar-refractivity contribution is 7.16. The standard InChI is InChI=1S/C18H20N4O3S/c1-5-9-21-13-10-14(24-3)15(25-4)11-16(13)26-18(21)20-17(23)12-7-8-19-22(12)6-2/h5,7-8,10-11H,1,6,9H2,2-4H3. The molecule has 2 heterocycles. The van der Waals surface area contributed by atoms with Crippen molar-refractivity contribution >= 4 is 27.5 Å². The molecular formula is C18H20N4O3S. The van der Waals surface area contributed by atoms with Crippen molar-refractivity contribution < 1.29 is 14.3 Å². The largest absolute Gasteiger partial charge is 0.493 e. The Bertz CT molecular complexity index is 1030. The van der Waals surface area contributed by atoms with Gasteiger partial charge in [-0.3, -0.25) is 9.48 Å². The lowest BCUT2D eigenvalue weighted by molar-refractivity contribution is 0.0987. The summed E-state index contributed by atoms with van der Waals surface area (Å²) in [6.07, 6.45) is 3.37. The lowest BCUT2D eigenvalue weighted by Gasteiger charge is -2.08. The van der Waals surface area contributed by atoms with Gasteiger partial charge in [0, 0.05) is 31.4 Å². The van der Waals surface area contributed by atoms with Crippen LogP contribution in [0.3, 0.4) is 0 Å². The molecule has 1 aromatic carbocycles. The molecule has 3 aromatic rings. The third-order valence-electron chi connectivity index (χ3n) is 3.93. The van der Waals surface area contributed by atoms with Crippen molar-refractivity contribution in [2.75, 3.05) is 14.2 Å². The Balaban J connectivity index is 2.20. The molecule has 0 aliphatic heterocycles. The molecule has 26 heavy (non-hydrogen) atoms. The summed E-state index contributed by atoms with van der Waals surface area (Å²) < 4.78 is 15.3. The van der Waals surface area contributed by atoms with Crippen molar-refractivity contribution in [2.24, 2.45) is 4.99 Å². The molecule has 0 saturated carbocycles. The highest BCUT2D eigenvalue weighted by Gasteiger charge is 2.14. The maximum Gasteiger partial charge on any atom is 0.297 e. The van der Waals surface area contributed by atoms with Gasteiger partial charge < -0.3 is 14.0 Å². The summed E-state index contributed by atoms with van der Waals surface area (Å²) in [4.78, 5) is 17.5. The molecule has 136 valence electrons. The highest BCUT2D eigenvalue weighted by atomic mass is 32.1. The first-order valence-electron chi connectivity index (χ1n) is 8.10. The number of ether oxygens (including phenoxy) is 2. The van der Waals surface area contributed by atoms with Gasteiger partial charge in [-0.05, 0) is 13.0 Å². The molecule has 3 rings (SSSR count). The second-order valence-corrected chi connectivity index (χ2v) is 6.42. The minimum absolute atomic E-state index is 0.326. The Morgan fingerprint density at radius 3 is 2.73 bits per heavy atom. The molecule has 0 bridgehead atoms. The average Bonchev–Trinajstić information content (AvgIpc) is 3.25. The highest BCUT2D eigenvalue weighted by Crippen LogP contribution is 2.33. The molecule has 0 aliphatic carbocycles. The quantitative estimate of drug-likeness (QED) is 0.624. The van der Waals surface area contributed by atoms with E-state index in [1.54, 1.807) is 37.2 Å². The summed E-state index contributed by atoms with van der Waals surface area (Å²) in [6.45, 7) is 6.86. The molecule has 1 amide bonds. The van der Waals surface area contributed by atoms with Crippen molar-refractivity contribution in [3.63, 3.8) is 0 Å². The van der Waals surface area contributed by atoms with Crippen LogP contribution in [0.5, 0.6) is 11.5 Å². The number of aromatic nitrogens is 3. The number of hydrogen-bond donors (Lipinski definition) is 0. The van der Waals surface area contributed by atoms with E-state index >= 15 is 0 Å². The van der Waals surface area contributed by atoms with Gasteiger partial charge in [-0.2, -0.15) is 10.1 Å². The number of carbonyl (C=O) groups is 1. The summed E-state index contributed by atoms with van der Waals surface area (Å²) in [5.41, 5.74) is 1.37. The van der Waals surface area contributed by atoms with E-state index in [2.05, 4.69) is 16.7 Å². The van der Waals surface area contributed by atoms with E-state index in [4.69, 9.17) is 9.47 Å². The average molecular weight is 372 g/mol. The van der Waals surface area contributed by atoms with E-state index < -0.39 is 0 Å². The second kappa shape index (κ2) is 7.57. The van der Waals surface area contributed by atoms with E-state index in [1.807, 2.05) is 23.6 Å². The third kappa shape index (κ3) is 3.15. The number of rotatable bonds is 6. The maximum atomic E-state index is 12.6. The van der Waals surface area contributed by atoms with E-state index in [1.165, 1.54) is 11.3 Å². The number of fused-ring (bicyclic) bond motifs is 1. The topological polar surface area (TPSA) is 70.6 Å². The number of thiazole rings is 1. The molecule has 0 aliphatic rings. The monoisotopic (exact) mass is 372 g/mol. The number of benzene rings is 1. The molecule has 0 unspecified atom stereocenters. The van der Waals surface area contributed by atoms with Crippen LogP contribution in [0.15, 0.2) is 42.0 Å². The number of allylic oxidation sites excluding steroid dienone is 1. The van der Waals surface area contributed by atoms with Crippen molar-refractivity contribution in [3.05, 3.63) is 47.5 Å². The molecule has 0 saturated heterocycles. The van der Waals surface area contributed by atoms with Gasteiger partial charge in [-0.15, -0.1) is 6.58 Å². The van der Waals surface area contributed by atoms with Crippen LogP contribution in [0.2, 0.25) is 0 Å². The molecule has 0 atom stereocenters. The van der Waals surface area contributed by atoms with Crippen LogP contribution < -0.4 is 14.3 Å². The van der Waals surface area contributed by atoms with Crippen molar-refractivity contribution in [3.8, 4) is 11.5 Å². The van der Waals surface area contributed by atoms with Crippen molar-refractivity contribution in [1.82, 2.24) is 14.3 Å². The van der Waals surface area contributed by atoms with Crippen LogP contribution in [0.1, 0.15) is 17.4 Å². The minimum atomic E-state index is -0.326. The van der Waals surface area contributed by atoms with E-state index in [0.717, 1.165) is 10.2 Å². The molecule has 7 nitrogen and oxygen atoms in total. The fraction of sp³-hybridized carbons (Fsp3) is 0.278. The maximum absolute atomic E-state index is 12.6. The fourth-order valence-electron chi connectivity index (χ4n) is 2.70. The SMILES string of the molecule is C=CCn1c(=NC(=O)c2ccnn2CC)sc2cc(OC)c(OC)cc21. The Morgan fingerprint density at radius 2 is 2.08 bits per heavy atom. The van der Waals surface area contributed by atoms with E-state index in [-0.39, 0.29) is 5.91 Å². The van der Waals surface area contributed by atoms with Gasteiger partial charge in [-0.25, -0.2) is 0 Å². The summed E-state index contributed by atoms with van der Waals surface area (Å²) in [5.74, 6) is 0.930. The lowest BCUT2D eigenvalue weighted by atomic mass is 10.3. The summed E-state index contributed by atoms with van der Waals surface area (Å²) in [5, 5.41) is 4.13. The zero-order valence-electron chi connectivity index (χ0n) is 14.9. The van der Waals surface area contributed by atoms with Gasteiger partial charge in [0.1, 0.15) is 5.69 Å². The number of hydrogen-bond acceptors (Lipinski definition) is 5. The normalized spacial score (nSPS) is 11.7. The van der Waals surface area contributed by atoms with Gasteiger partial charge in [0.05, 0.1) is 24.4 Å². The predicted octanol–water partition coefficient (Wildman–Crippen LogP) is 2.86. The Kier molecular flexibility index (Phi) is 5.22. The van der Waals surface area contributed by atoms with Crippen LogP contribution in [0.4, 0.5) is 0 Å². The van der Waals surface area contributed by atoms with Gasteiger partial charge in [0.2, 0.25) is 0 Å². The van der Waals surface area contributed by atoms with Gasteiger partial charge in [0.15, 0.2) is 16.3 Å². The van der Waals surface area contributed by atoms with Crippen LogP contribution in [0.25, 0.3) is 10.2 Å². The van der Waals surface area contributed by atoms with Gasteiger partial charge in [-0.1, -0.05) is 17.4 Å². The molecule has 0 spiro atoms. The van der Waals surface area contributed by atoms with Crippen molar-refractivity contribution in [1.29, 1.82) is 0 Å². The Hall–Kier alpha value is -2.87. The van der Waals surface area contributed by atoms with Gasteiger partial charge in [0.25, 0.3) is 5.91 Å². The summed E-state index contributed by atoms with van der Waals surface area (Å²) >= 11 is 1.41. The smallest absolute Gasteiger partial charge is 0.297 e. The number of carbonyl (C=O) groups excluding carboxylic acids is 1. The van der Waals surface area contributed by atoms with Crippen LogP contribution in [0, 0.1) is 0 Å². The third-order valence-corrected chi connectivity index (χ3v) is 4.97. The molecule has 0 N–H and O–H groups in total. The first kappa shape index (κ1) is 17.9. The number of amides is 1. The molecule has 8 heteroatoms.